The average molecular weight is 278 g/mol. The molecular weight excluding hydrogens is 246 g/mol. The lowest BCUT2D eigenvalue weighted by molar-refractivity contribution is -0.943. The molecule has 0 bridgehead atoms. The predicted octanol–water partition coefficient (Wildman–Crippen LogP) is 3.98. The molecule has 20 heavy (non-hydrogen) atoms. The third kappa shape index (κ3) is 6.06. The quantitative estimate of drug-likeness (QED) is 0.642. The molecule has 0 spiro atoms. The number of rotatable bonds is 10. The molecule has 2 nitrogen and oxygen atoms in total. The van der Waals surface area contributed by atoms with Gasteiger partial charge in [0.05, 0.1) is 13.1 Å². The minimum atomic E-state index is -0.229. The second-order valence-electron chi connectivity index (χ2n) is 6.17. The molecular formula is C18H32NO+. The van der Waals surface area contributed by atoms with E-state index >= 15 is 0 Å². The third-order valence-corrected chi connectivity index (χ3v) is 3.98. The van der Waals surface area contributed by atoms with Gasteiger partial charge in [-0.1, -0.05) is 57.0 Å². The summed E-state index contributed by atoms with van der Waals surface area (Å²) in [5.41, 5.74) is 1.39. The topological polar surface area (TPSA) is 20.2 Å². The number of nitrogens with zero attached hydrogens (tertiary/aromatic N) is 1. The van der Waals surface area contributed by atoms with Crippen LogP contribution >= 0.6 is 0 Å². The number of aliphatic hydroxyl groups is 1. The number of benzene rings is 1. The zero-order chi connectivity index (χ0) is 14.8. The Morgan fingerprint density at radius 3 is 2.00 bits per heavy atom. The summed E-state index contributed by atoms with van der Waals surface area (Å²) in [6, 6.07) is 10.7. The van der Waals surface area contributed by atoms with Gasteiger partial charge >= 0.3 is 0 Å². The van der Waals surface area contributed by atoms with Crippen molar-refractivity contribution >= 4 is 0 Å². The monoisotopic (exact) mass is 278 g/mol. The maximum absolute atomic E-state index is 9.95. The molecule has 114 valence electrons. The van der Waals surface area contributed by atoms with E-state index in [-0.39, 0.29) is 6.10 Å². The largest absolute Gasteiger partial charge is 0.388 e. The molecule has 1 aromatic carbocycles. The van der Waals surface area contributed by atoms with E-state index in [1.54, 1.807) is 0 Å². The van der Waals surface area contributed by atoms with Gasteiger partial charge < -0.3 is 9.59 Å². The van der Waals surface area contributed by atoms with Crippen LogP contribution in [0.3, 0.4) is 0 Å². The Morgan fingerprint density at radius 1 is 1.00 bits per heavy atom. The highest BCUT2D eigenvalue weighted by molar-refractivity contribution is 5.13. The highest BCUT2D eigenvalue weighted by atomic mass is 16.3. The Bertz CT molecular complexity index is 340. The number of aliphatic hydroxyl groups excluding tert-OH is 1. The lowest BCUT2D eigenvalue weighted by atomic mass is 10.1. The lowest BCUT2D eigenvalue weighted by Gasteiger charge is -2.40. The van der Waals surface area contributed by atoms with E-state index < -0.39 is 0 Å². The van der Waals surface area contributed by atoms with Gasteiger partial charge in [-0.05, 0) is 19.8 Å². The Balaban J connectivity index is 2.87. The van der Waals surface area contributed by atoms with Gasteiger partial charge in [0, 0.05) is 5.56 Å². The van der Waals surface area contributed by atoms with Crippen molar-refractivity contribution < 1.29 is 9.59 Å². The van der Waals surface area contributed by atoms with Crippen molar-refractivity contribution in [2.45, 2.75) is 59.1 Å². The summed E-state index contributed by atoms with van der Waals surface area (Å²) >= 11 is 0. The third-order valence-electron chi connectivity index (χ3n) is 3.98. The van der Waals surface area contributed by atoms with Crippen molar-refractivity contribution in [1.82, 2.24) is 0 Å². The summed E-state index contributed by atoms with van der Waals surface area (Å²) in [5.74, 6) is 0. The highest BCUT2D eigenvalue weighted by Crippen LogP contribution is 2.19. The first kappa shape index (κ1) is 17.2. The second-order valence-corrected chi connectivity index (χ2v) is 6.17. The zero-order valence-electron chi connectivity index (χ0n) is 13.5. The molecule has 0 aliphatic carbocycles. The second kappa shape index (κ2) is 9.15. The smallest absolute Gasteiger partial charge is 0.105 e. The van der Waals surface area contributed by atoms with Crippen LogP contribution in [0.15, 0.2) is 30.3 Å². The van der Waals surface area contributed by atoms with E-state index in [1.165, 1.54) is 44.3 Å². The predicted molar refractivity (Wildman–Crippen MR) is 86.5 cm³/mol. The minimum Gasteiger partial charge on any atom is -0.388 e. The minimum absolute atomic E-state index is 0.229. The van der Waals surface area contributed by atoms with Crippen molar-refractivity contribution in [2.75, 3.05) is 19.6 Å². The molecule has 1 rings (SSSR count). The molecule has 1 aromatic rings. The van der Waals surface area contributed by atoms with Crippen LogP contribution in [-0.2, 0) is 6.54 Å². The van der Waals surface area contributed by atoms with Crippen LogP contribution in [0, 0.1) is 0 Å². The SMILES string of the molecule is CCCC[N+](CCCC)(Cc1ccccc1)CC(C)O. The molecule has 0 radical (unpaired) electrons. The van der Waals surface area contributed by atoms with E-state index in [0.717, 1.165) is 17.6 Å². The Morgan fingerprint density at radius 2 is 1.55 bits per heavy atom. The maximum atomic E-state index is 9.95. The number of hydrogen-bond donors (Lipinski definition) is 1. The van der Waals surface area contributed by atoms with Crippen molar-refractivity contribution in [3.63, 3.8) is 0 Å². The fraction of sp³-hybridized carbons (Fsp3) is 0.667. The van der Waals surface area contributed by atoms with Crippen LogP contribution < -0.4 is 0 Å². The molecule has 1 unspecified atom stereocenters. The summed E-state index contributed by atoms with van der Waals surface area (Å²) in [4.78, 5) is 0. The molecule has 0 saturated heterocycles. The van der Waals surface area contributed by atoms with Crippen LogP contribution in [0.2, 0.25) is 0 Å². The summed E-state index contributed by atoms with van der Waals surface area (Å²) < 4.78 is 1.03. The maximum Gasteiger partial charge on any atom is 0.105 e. The number of quaternary nitrogens is 1. The molecule has 0 fully saturated rings. The molecule has 0 aliphatic heterocycles. The molecule has 1 N–H and O–H groups in total. The van der Waals surface area contributed by atoms with Gasteiger partial charge in [-0.2, -0.15) is 0 Å². The average Bonchev–Trinajstić information content (AvgIpc) is 2.43. The summed E-state index contributed by atoms with van der Waals surface area (Å²) in [7, 11) is 0. The molecule has 0 heterocycles. The van der Waals surface area contributed by atoms with Crippen molar-refractivity contribution in [3.05, 3.63) is 35.9 Å². The van der Waals surface area contributed by atoms with Crippen LogP contribution in [0.4, 0.5) is 0 Å². The fourth-order valence-corrected chi connectivity index (χ4v) is 3.04. The molecule has 0 saturated carbocycles. The van der Waals surface area contributed by atoms with Crippen LogP contribution in [0.25, 0.3) is 0 Å². The van der Waals surface area contributed by atoms with Crippen LogP contribution in [0.5, 0.6) is 0 Å². The summed E-state index contributed by atoms with van der Waals surface area (Å²) in [6.45, 7) is 10.7. The normalized spacial score (nSPS) is 13.4. The van der Waals surface area contributed by atoms with Gasteiger partial charge in [-0.15, -0.1) is 0 Å². The van der Waals surface area contributed by atoms with E-state index in [0.29, 0.717) is 0 Å². The first-order chi connectivity index (χ1) is 9.62. The van der Waals surface area contributed by atoms with Crippen LogP contribution in [-0.4, -0.2) is 35.3 Å². The van der Waals surface area contributed by atoms with Gasteiger partial charge in [0.2, 0.25) is 0 Å². The van der Waals surface area contributed by atoms with E-state index in [4.69, 9.17) is 0 Å². The van der Waals surface area contributed by atoms with Gasteiger partial charge in [-0.3, -0.25) is 0 Å². The lowest BCUT2D eigenvalue weighted by Crippen LogP contribution is -2.52. The molecule has 0 aromatic heterocycles. The Labute approximate surface area is 125 Å². The number of unbranched alkanes of at least 4 members (excludes halogenated alkanes) is 2. The first-order valence-electron chi connectivity index (χ1n) is 8.19. The summed E-state index contributed by atoms with van der Waals surface area (Å²) in [5, 5.41) is 9.95. The molecule has 0 amide bonds. The highest BCUT2D eigenvalue weighted by Gasteiger charge is 2.28. The Hall–Kier alpha value is -0.860. The Kier molecular flexibility index (Phi) is 7.86. The summed E-state index contributed by atoms with van der Waals surface area (Å²) in [6.07, 6.45) is 4.70. The molecule has 2 heteroatoms. The van der Waals surface area contributed by atoms with Gasteiger partial charge in [0.25, 0.3) is 0 Å². The van der Waals surface area contributed by atoms with Gasteiger partial charge in [-0.25, -0.2) is 0 Å². The van der Waals surface area contributed by atoms with E-state index in [9.17, 15) is 5.11 Å². The fourth-order valence-electron chi connectivity index (χ4n) is 3.04. The van der Waals surface area contributed by atoms with Crippen molar-refractivity contribution in [3.8, 4) is 0 Å². The first-order valence-corrected chi connectivity index (χ1v) is 8.19. The van der Waals surface area contributed by atoms with Crippen LogP contribution in [0.1, 0.15) is 52.0 Å². The van der Waals surface area contributed by atoms with Gasteiger partial charge in [0.1, 0.15) is 19.2 Å². The van der Waals surface area contributed by atoms with E-state index in [1.807, 2.05) is 6.92 Å². The van der Waals surface area contributed by atoms with Gasteiger partial charge in [0.15, 0.2) is 0 Å². The molecule has 1 atom stereocenters. The number of hydrogen-bond acceptors (Lipinski definition) is 1. The standard InChI is InChI=1S/C18H32NO/c1-4-6-13-19(14-7-5-2,15-17(3)20)16-18-11-9-8-10-12-18/h8-12,17,20H,4-7,13-16H2,1-3H3/q+1. The zero-order valence-corrected chi connectivity index (χ0v) is 13.5. The molecule has 0 aliphatic rings. The van der Waals surface area contributed by atoms with E-state index in [2.05, 4.69) is 44.2 Å². The van der Waals surface area contributed by atoms with Crippen molar-refractivity contribution in [1.29, 1.82) is 0 Å². The van der Waals surface area contributed by atoms with Crippen molar-refractivity contribution in [2.24, 2.45) is 0 Å².